The molecule has 0 radical (unpaired) electrons. The molecule has 88 valence electrons. The summed E-state index contributed by atoms with van der Waals surface area (Å²) < 4.78 is 6.32. The summed E-state index contributed by atoms with van der Waals surface area (Å²) in [6.45, 7) is 5.88. The van der Waals surface area contributed by atoms with Crippen LogP contribution in [0.2, 0.25) is 0 Å². The molecule has 0 bridgehead atoms. The third-order valence-electron chi connectivity index (χ3n) is 2.32. The SMILES string of the molecule is C=C(C)CC(NN)c1ccc(Br)cc1OC. The first-order valence-corrected chi connectivity index (χ1v) is 5.81. The number of nitrogens with two attached hydrogens (primary N) is 1. The molecule has 16 heavy (non-hydrogen) atoms. The number of ether oxygens (including phenoxy) is 1. The highest BCUT2D eigenvalue weighted by Crippen LogP contribution is 2.30. The summed E-state index contributed by atoms with van der Waals surface area (Å²) in [5, 5.41) is 0. The monoisotopic (exact) mass is 284 g/mol. The molecule has 0 aliphatic carbocycles. The zero-order valence-electron chi connectivity index (χ0n) is 9.59. The molecule has 0 saturated heterocycles. The molecule has 1 atom stereocenters. The second kappa shape index (κ2) is 6.03. The van der Waals surface area contributed by atoms with Gasteiger partial charge in [0.05, 0.1) is 13.2 Å². The molecule has 0 spiro atoms. The minimum Gasteiger partial charge on any atom is -0.496 e. The van der Waals surface area contributed by atoms with E-state index < -0.39 is 0 Å². The van der Waals surface area contributed by atoms with Gasteiger partial charge >= 0.3 is 0 Å². The number of benzene rings is 1. The highest BCUT2D eigenvalue weighted by atomic mass is 79.9. The number of hydrogen-bond acceptors (Lipinski definition) is 3. The zero-order valence-corrected chi connectivity index (χ0v) is 11.2. The number of rotatable bonds is 5. The molecule has 1 rings (SSSR count). The van der Waals surface area contributed by atoms with Gasteiger partial charge in [-0.1, -0.05) is 27.6 Å². The van der Waals surface area contributed by atoms with Crippen molar-refractivity contribution in [2.75, 3.05) is 7.11 Å². The number of methoxy groups -OCH3 is 1. The molecule has 0 aromatic heterocycles. The highest BCUT2D eigenvalue weighted by Gasteiger charge is 2.14. The largest absolute Gasteiger partial charge is 0.496 e. The van der Waals surface area contributed by atoms with E-state index in [1.165, 1.54) is 0 Å². The summed E-state index contributed by atoms with van der Waals surface area (Å²) in [5.74, 6) is 6.37. The Morgan fingerprint density at radius 2 is 2.31 bits per heavy atom. The molecule has 0 saturated carbocycles. The molecule has 0 amide bonds. The molecule has 0 aliphatic heterocycles. The van der Waals surface area contributed by atoms with Crippen molar-refractivity contribution >= 4 is 15.9 Å². The van der Waals surface area contributed by atoms with Crippen LogP contribution in [0.25, 0.3) is 0 Å². The Kier molecular flexibility index (Phi) is 4.99. The molecule has 0 aliphatic rings. The topological polar surface area (TPSA) is 47.3 Å². The van der Waals surface area contributed by atoms with E-state index in [4.69, 9.17) is 10.6 Å². The van der Waals surface area contributed by atoms with Gasteiger partial charge in [0.25, 0.3) is 0 Å². The van der Waals surface area contributed by atoms with E-state index in [-0.39, 0.29) is 6.04 Å². The Labute approximate surface area is 105 Å². The van der Waals surface area contributed by atoms with Crippen molar-refractivity contribution in [2.45, 2.75) is 19.4 Å². The van der Waals surface area contributed by atoms with E-state index >= 15 is 0 Å². The maximum atomic E-state index is 5.56. The van der Waals surface area contributed by atoms with Gasteiger partial charge < -0.3 is 4.74 Å². The molecular formula is C12H17BrN2O. The first-order chi connectivity index (χ1) is 7.58. The van der Waals surface area contributed by atoms with Crippen LogP contribution in [0.5, 0.6) is 5.75 Å². The molecule has 1 unspecified atom stereocenters. The van der Waals surface area contributed by atoms with Crippen molar-refractivity contribution in [2.24, 2.45) is 5.84 Å². The van der Waals surface area contributed by atoms with Gasteiger partial charge in [-0.15, -0.1) is 6.58 Å². The maximum Gasteiger partial charge on any atom is 0.124 e. The van der Waals surface area contributed by atoms with Crippen LogP contribution < -0.4 is 16.0 Å². The van der Waals surface area contributed by atoms with E-state index in [0.29, 0.717) is 0 Å². The van der Waals surface area contributed by atoms with Crippen LogP contribution in [0.4, 0.5) is 0 Å². The molecule has 4 heteroatoms. The van der Waals surface area contributed by atoms with Crippen LogP contribution >= 0.6 is 15.9 Å². The number of halogens is 1. The summed E-state index contributed by atoms with van der Waals surface area (Å²) >= 11 is 3.41. The fourth-order valence-corrected chi connectivity index (χ4v) is 1.92. The van der Waals surface area contributed by atoms with E-state index in [0.717, 1.165) is 27.8 Å². The van der Waals surface area contributed by atoms with E-state index in [2.05, 4.69) is 27.9 Å². The van der Waals surface area contributed by atoms with Gasteiger partial charge in [0, 0.05) is 10.0 Å². The van der Waals surface area contributed by atoms with Gasteiger partial charge in [-0.2, -0.15) is 0 Å². The predicted octanol–water partition coefficient (Wildman–Crippen LogP) is 2.93. The summed E-state index contributed by atoms with van der Waals surface area (Å²) in [5.41, 5.74) is 4.90. The minimum absolute atomic E-state index is 0.0283. The summed E-state index contributed by atoms with van der Waals surface area (Å²) in [7, 11) is 1.65. The average Bonchev–Trinajstić information content (AvgIpc) is 2.25. The number of hydrogen-bond donors (Lipinski definition) is 2. The van der Waals surface area contributed by atoms with Crippen molar-refractivity contribution < 1.29 is 4.74 Å². The van der Waals surface area contributed by atoms with Crippen molar-refractivity contribution in [3.63, 3.8) is 0 Å². The first kappa shape index (κ1) is 13.2. The zero-order chi connectivity index (χ0) is 12.1. The lowest BCUT2D eigenvalue weighted by Gasteiger charge is -2.19. The molecule has 3 N–H and O–H groups in total. The Morgan fingerprint density at radius 1 is 1.62 bits per heavy atom. The number of nitrogens with one attached hydrogen (secondary N) is 1. The van der Waals surface area contributed by atoms with Crippen molar-refractivity contribution in [3.05, 3.63) is 40.4 Å². The van der Waals surface area contributed by atoms with Crippen molar-refractivity contribution in [1.82, 2.24) is 5.43 Å². The molecule has 1 aromatic rings. The molecular weight excluding hydrogens is 268 g/mol. The van der Waals surface area contributed by atoms with Crippen LogP contribution in [-0.2, 0) is 0 Å². The van der Waals surface area contributed by atoms with Crippen molar-refractivity contribution in [1.29, 1.82) is 0 Å². The third-order valence-corrected chi connectivity index (χ3v) is 2.82. The second-order valence-electron chi connectivity index (χ2n) is 3.77. The predicted molar refractivity (Wildman–Crippen MR) is 70.2 cm³/mol. The molecule has 3 nitrogen and oxygen atoms in total. The lowest BCUT2D eigenvalue weighted by molar-refractivity contribution is 0.398. The van der Waals surface area contributed by atoms with Crippen LogP contribution in [0, 0.1) is 0 Å². The van der Waals surface area contributed by atoms with Crippen LogP contribution in [0.1, 0.15) is 24.9 Å². The summed E-state index contributed by atoms with van der Waals surface area (Å²) in [6, 6.07) is 5.93. The normalized spacial score (nSPS) is 12.2. The standard InChI is InChI=1S/C12H17BrN2O/c1-8(2)6-11(15-14)10-5-4-9(13)7-12(10)16-3/h4-5,7,11,15H,1,6,14H2,2-3H3. The van der Waals surface area contributed by atoms with E-state index in [1.54, 1.807) is 7.11 Å². The van der Waals surface area contributed by atoms with Crippen molar-refractivity contribution in [3.8, 4) is 5.75 Å². The smallest absolute Gasteiger partial charge is 0.124 e. The fraction of sp³-hybridized carbons (Fsp3) is 0.333. The Bertz CT molecular complexity index is 379. The van der Waals surface area contributed by atoms with Gasteiger partial charge in [-0.25, -0.2) is 0 Å². The van der Waals surface area contributed by atoms with Gasteiger partial charge in [-0.05, 0) is 25.5 Å². The van der Waals surface area contributed by atoms with Gasteiger partial charge in [0.1, 0.15) is 5.75 Å². The van der Waals surface area contributed by atoms with E-state index in [9.17, 15) is 0 Å². The summed E-state index contributed by atoms with van der Waals surface area (Å²) in [6.07, 6.45) is 0.786. The van der Waals surface area contributed by atoms with Crippen LogP contribution in [-0.4, -0.2) is 7.11 Å². The average molecular weight is 285 g/mol. The first-order valence-electron chi connectivity index (χ1n) is 5.02. The maximum absolute atomic E-state index is 5.56. The summed E-state index contributed by atoms with van der Waals surface area (Å²) in [4.78, 5) is 0. The quantitative estimate of drug-likeness (QED) is 0.497. The van der Waals surface area contributed by atoms with Gasteiger partial charge in [0.15, 0.2) is 0 Å². The third kappa shape index (κ3) is 3.33. The van der Waals surface area contributed by atoms with Gasteiger partial charge in [-0.3, -0.25) is 11.3 Å². The molecule has 0 heterocycles. The fourth-order valence-electron chi connectivity index (χ4n) is 1.58. The second-order valence-corrected chi connectivity index (χ2v) is 4.68. The molecule has 0 fully saturated rings. The minimum atomic E-state index is 0.0283. The van der Waals surface area contributed by atoms with Gasteiger partial charge in [0.2, 0.25) is 0 Å². The van der Waals surface area contributed by atoms with E-state index in [1.807, 2.05) is 25.1 Å². The Balaban J connectivity index is 3.03. The molecule has 1 aromatic carbocycles. The van der Waals surface area contributed by atoms with Crippen LogP contribution in [0.15, 0.2) is 34.8 Å². The number of hydrazine groups is 1. The lowest BCUT2D eigenvalue weighted by atomic mass is 10.00. The Hall–Kier alpha value is -0.840. The lowest BCUT2D eigenvalue weighted by Crippen LogP contribution is -2.28. The Morgan fingerprint density at radius 3 is 2.81 bits per heavy atom. The highest BCUT2D eigenvalue weighted by molar-refractivity contribution is 9.10. The van der Waals surface area contributed by atoms with Crippen LogP contribution in [0.3, 0.4) is 0 Å².